The summed E-state index contributed by atoms with van der Waals surface area (Å²) >= 11 is 8.88. The first-order valence-electron chi connectivity index (χ1n) is 8.68. The lowest BCUT2D eigenvalue weighted by molar-refractivity contribution is 0.0597. The van der Waals surface area contributed by atoms with Gasteiger partial charge in [0.15, 0.2) is 5.16 Å². The van der Waals surface area contributed by atoms with Crippen molar-refractivity contribution in [3.8, 4) is 0 Å². The molecular formula is C21H19ClN2O3S2. The van der Waals surface area contributed by atoms with Gasteiger partial charge in [0.05, 0.1) is 25.0 Å². The average molecular weight is 447 g/mol. The molecule has 0 spiro atoms. The molecule has 5 nitrogen and oxygen atoms in total. The van der Waals surface area contributed by atoms with E-state index in [0.29, 0.717) is 22.3 Å². The molecule has 0 radical (unpaired) electrons. The third-order valence-corrected chi connectivity index (χ3v) is 5.98. The molecule has 29 heavy (non-hydrogen) atoms. The van der Waals surface area contributed by atoms with E-state index in [0.717, 1.165) is 26.9 Å². The predicted molar refractivity (Wildman–Crippen MR) is 116 cm³/mol. The maximum absolute atomic E-state index is 12.0. The van der Waals surface area contributed by atoms with Crippen LogP contribution in [-0.2, 0) is 21.8 Å². The Hall–Kier alpha value is -2.06. The van der Waals surface area contributed by atoms with Gasteiger partial charge in [0.1, 0.15) is 5.03 Å². The molecule has 0 fully saturated rings. The van der Waals surface area contributed by atoms with Gasteiger partial charge in [0.25, 0.3) is 0 Å². The second-order valence-corrected chi connectivity index (χ2v) is 8.36. The Morgan fingerprint density at radius 1 is 1.07 bits per heavy atom. The minimum atomic E-state index is -0.378. The van der Waals surface area contributed by atoms with Crippen molar-refractivity contribution in [1.29, 1.82) is 0 Å². The summed E-state index contributed by atoms with van der Waals surface area (Å²) in [6.45, 7) is 0.378. The number of carbonyl (C=O) groups is 1. The highest BCUT2D eigenvalue weighted by Gasteiger charge is 2.14. The number of halogens is 1. The molecule has 0 saturated carbocycles. The van der Waals surface area contributed by atoms with Crippen LogP contribution < -0.4 is 0 Å². The molecule has 3 rings (SSSR count). The van der Waals surface area contributed by atoms with Crippen molar-refractivity contribution >= 4 is 41.1 Å². The summed E-state index contributed by atoms with van der Waals surface area (Å²) in [5, 5.41) is 2.09. The van der Waals surface area contributed by atoms with E-state index in [4.69, 9.17) is 21.1 Å². The number of esters is 1. The molecule has 0 bridgehead atoms. The molecule has 150 valence electrons. The molecule has 0 N–H and O–H groups in total. The van der Waals surface area contributed by atoms with Crippen molar-refractivity contribution in [2.75, 3.05) is 14.2 Å². The van der Waals surface area contributed by atoms with Crippen molar-refractivity contribution in [1.82, 2.24) is 9.97 Å². The molecule has 1 aromatic heterocycles. The monoisotopic (exact) mass is 446 g/mol. The first-order valence-corrected chi connectivity index (χ1v) is 10.9. The Morgan fingerprint density at radius 3 is 2.55 bits per heavy atom. The van der Waals surface area contributed by atoms with E-state index in [-0.39, 0.29) is 5.97 Å². The van der Waals surface area contributed by atoms with Gasteiger partial charge in [-0.2, -0.15) is 0 Å². The van der Waals surface area contributed by atoms with Crippen LogP contribution >= 0.6 is 35.1 Å². The molecule has 1 heterocycles. The van der Waals surface area contributed by atoms with E-state index in [1.807, 2.05) is 42.5 Å². The lowest BCUT2D eigenvalue weighted by atomic mass is 10.2. The zero-order valence-electron chi connectivity index (χ0n) is 15.9. The molecular weight excluding hydrogens is 428 g/mol. The molecule has 0 aliphatic carbocycles. The summed E-state index contributed by atoms with van der Waals surface area (Å²) in [5.74, 6) is 0.341. The number of methoxy groups -OCH3 is 2. The van der Waals surface area contributed by atoms with Crippen molar-refractivity contribution in [2.45, 2.75) is 27.4 Å². The number of aromatic nitrogens is 2. The van der Waals surface area contributed by atoms with Crippen LogP contribution in [0.15, 0.2) is 69.7 Å². The second-order valence-electron chi connectivity index (χ2n) is 5.92. The molecule has 3 aromatic rings. The van der Waals surface area contributed by atoms with Gasteiger partial charge in [-0.25, -0.2) is 14.8 Å². The maximum Gasteiger partial charge on any atom is 0.339 e. The van der Waals surface area contributed by atoms with Crippen LogP contribution in [-0.4, -0.2) is 30.2 Å². The molecule has 0 amide bonds. The number of hydrogen-bond donors (Lipinski definition) is 0. The molecule has 0 aliphatic heterocycles. The molecule has 0 aliphatic rings. The van der Waals surface area contributed by atoms with Crippen LogP contribution in [0.4, 0.5) is 0 Å². The number of nitrogens with zero attached hydrogens (tertiary/aromatic N) is 2. The fraction of sp³-hybridized carbons (Fsp3) is 0.190. The minimum absolute atomic E-state index is 0.378. The van der Waals surface area contributed by atoms with Gasteiger partial charge in [-0.1, -0.05) is 59.4 Å². The van der Waals surface area contributed by atoms with E-state index in [2.05, 4.69) is 9.97 Å². The molecule has 2 aromatic carbocycles. The van der Waals surface area contributed by atoms with E-state index < -0.39 is 0 Å². The van der Waals surface area contributed by atoms with Gasteiger partial charge in [-0.05, 0) is 35.9 Å². The number of benzene rings is 2. The third-order valence-electron chi connectivity index (χ3n) is 3.82. The summed E-state index contributed by atoms with van der Waals surface area (Å²) in [7, 11) is 3.00. The number of hydrogen-bond acceptors (Lipinski definition) is 7. The Bertz CT molecular complexity index is 984. The Morgan fingerprint density at radius 2 is 1.83 bits per heavy atom. The summed E-state index contributed by atoms with van der Waals surface area (Å²) in [6.07, 6.45) is 0. The normalized spacial score (nSPS) is 10.7. The summed E-state index contributed by atoms with van der Waals surface area (Å²) in [4.78, 5) is 22.0. The van der Waals surface area contributed by atoms with E-state index in [1.54, 1.807) is 19.2 Å². The highest BCUT2D eigenvalue weighted by molar-refractivity contribution is 7.99. The number of thioether (sulfide) groups is 1. The van der Waals surface area contributed by atoms with Crippen LogP contribution in [0.5, 0.6) is 0 Å². The molecule has 8 heteroatoms. The highest BCUT2D eigenvalue weighted by atomic mass is 35.5. The zero-order valence-corrected chi connectivity index (χ0v) is 18.3. The smallest absolute Gasteiger partial charge is 0.339 e. The van der Waals surface area contributed by atoms with Gasteiger partial charge >= 0.3 is 5.97 Å². The fourth-order valence-corrected chi connectivity index (χ4v) is 4.44. The zero-order chi connectivity index (χ0) is 20.6. The summed E-state index contributed by atoms with van der Waals surface area (Å²) in [6, 6.07) is 16.9. The Balaban J connectivity index is 1.83. The first kappa shape index (κ1) is 21.6. The Kier molecular flexibility index (Phi) is 7.94. The largest absolute Gasteiger partial charge is 0.465 e. The third kappa shape index (κ3) is 6.21. The van der Waals surface area contributed by atoms with Crippen LogP contribution in [0.25, 0.3) is 0 Å². The lowest BCUT2D eigenvalue weighted by Gasteiger charge is -2.10. The molecule has 0 saturated heterocycles. The van der Waals surface area contributed by atoms with Gasteiger partial charge in [0.2, 0.25) is 0 Å². The van der Waals surface area contributed by atoms with Gasteiger partial charge in [-0.15, -0.1) is 0 Å². The topological polar surface area (TPSA) is 61.3 Å². The second kappa shape index (κ2) is 10.6. The van der Waals surface area contributed by atoms with Crippen LogP contribution in [0, 0.1) is 0 Å². The fourth-order valence-electron chi connectivity index (χ4n) is 2.46. The SMILES string of the molecule is COCc1cc(Sc2ccccc2C(=O)OC)nc(SCc2ccc(Cl)cc2)n1. The van der Waals surface area contributed by atoms with Crippen LogP contribution in [0.1, 0.15) is 21.6 Å². The number of carbonyl (C=O) groups excluding carboxylic acids is 1. The van der Waals surface area contributed by atoms with E-state index in [1.165, 1.54) is 30.6 Å². The van der Waals surface area contributed by atoms with E-state index in [9.17, 15) is 4.79 Å². The number of ether oxygens (including phenoxy) is 2. The number of rotatable bonds is 8. The maximum atomic E-state index is 12.0. The summed E-state index contributed by atoms with van der Waals surface area (Å²) in [5.41, 5.74) is 2.41. The Labute approximate surface area is 183 Å². The van der Waals surface area contributed by atoms with Gasteiger partial charge in [-0.3, -0.25) is 0 Å². The first-order chi connectivity index (χ1) is 14.1. The van der Waals surface area contributed by atoms with Crippen molar-refractivity contribution < 1.29 is 14.3 Å². The highest BCUT2D eigenvalue weighted by Crippen LogP contribution is 2.32. The van der Waals surface area contributed by atoms with Crippen molar-refractivity contribution in [3.05, 3.63) is 76.4 Å². The van der Waals surface area contributed by atoms with Crippen LogP contribution in [0.2, 0.25) is 5.02 Å². The standard InChI is InChI=1S/C21H19ClN2O3S2/c1-26-12-16-11-19(29-18-6-4-3-5-17(18)20(25)27-2)24-21(23-16)28-13-14-7-9-15(22)10-8-14/h3-11H,12-13H2,1-2H3. The van der Waals surface area contributed by atoms with Gasteiger partial charge < -0.3 is 9.47 Å². The van der Waals surface area contributed by atoms with E-state index >= 15 is 0 Å². The van der Waals surface area contributed by atoms with Gasteiger partial charge in [0, 0.05) is 22.8 Å². The molecule has 0 atom stereocenters. The predicted octanol–water partition coefficient (Wildman–Crippen LogP) is 5.51. The lowest BCUT2D eigenvalue weighted by Crippen LogP contribution is -2.03. The van der Waals surface area contributed by atoms with Crippen molar-refractivity contribution in [3.63, 3.8) is 0 Å². The summed E-state index contributed by atoms with van der Waals surface area (Å²) < 4.78 is 10.1. The quantitative estimate of drug-likeness (QED) is 0.196. The minimum Gasteiger partial charge on any atom is -0.465 e. The van der Waals surface area contributed by atoms with Crippen LogP contribution in [0.3, 0.4) is 0 Å². The average Bonchev–Trinajstić information content (AvgIpc) is 2.73. The van der Waals surface area contributed by atoms with Crippen molar-refractivity contribution in [2.24, 2.45) is 0 Å². The molecule has 0 unspecified atom stereocenters.